The maximum absolute atomic E-state index is 12.0. The highest BCUT2D eigenvalue weighted by atomic mass is 32.2. The van der Waals surface area contributed by atoms with Gasteiger partial charge in [0.05, 0.1) is 24.7 Å². The Bertz CT molecular complexity index is 518. The normalized spacial score (nSPS) is 16.6. The summed E-state index contributed by atoms with van der Waals surface area (Å²) in [5.74, 6) is 0.205. The Kier molecular flexibility index (Phi) is 4.04. The maximum Gasteiger partial charge on any atom is 0.296 e. The van der Waals surface area contributed by atoms with Gasteiger partial charge in [-0.3, -0.25) is 4.18 Å². The van der Waals surface area contributed by atoms with Gasteiger partial charge < -0.3 is 4.74 Å². The average Bonchev–Trinajstić information content (AvgIpc) is 2.27. The summed E-state index contributed by atoms with van der Waals surface area (Å²) >= 11 is 0. The Balaban J connectivity index is 2.12. The van der Waals surface area contributed by atoms with Crippen LogP contribution >= 0.6 is 0 Å². The molecule has 0 radical (unpaired) electrons. The summed E-state index contributed by atoms with van der Waals surface area (Å²) < 4.78 is 34.0. The number of hydrogen-bond donors (Lipinski definition) is 0. The zero-order chi connectivity index (χ0) is 13.2. The van der Waals surface area contributed by atoms with E-state index < -0.39 is 10.1 Å². The minimum atomic E-state index is -3.64. The van der Waals surface area contributed by atoms with Crippen LogP contribution in [-0.4, -0.2) is 28.2 Å². The summed E-state index contributed by atoms with van der Waals surface area (Å²) in [5.41, 5.74) is 2.13. The fourth-order valence-corrected chi connectivity index (χ4v) is 2.85. The molecular formula is C13H18O4S. The van der Waals surface area contributed by atoms with Gasteiger partial charge in [-0.1, -0.05) is 13.0 Å². The van der Waals surface area contributed by atoms with E-state index in [4.69, 9.17) is 8.92 Å². The molecule has 5 heteroatoms. The van der Waals surface area contributed by atoms with Crippen molar-refractivity contribution in [2.75, 3.05) is 19.8 Å². The Morgan fingerprint density at radius 1 is 1.39 bits per heavy atom. The van der Waals surface area contributed by atoms with Crippen molar-refractivity contribution in [3.8, 4) is 0 Å². The zero-order valence-corrected chi connectivity index (χ0v) is 11.5. The maximum atomic E-state index is 12.0. The average molecular weight is 270 g/mol. The molecule has 0 saturated carbocycles. The van der Waals surface area contributed by atoms with Gasteiger partial charge in [0, 0.05) is 5.92 Å². The monoisotopic (exact) mass is 270 g/mol. The van der Waals surface area contributed by atoms with E-state index in [0.29, 0.717) is 13.2 Å². The lowest BCUT2D eigenvalue weighted by Crippen LogP contribution is -2.32. The van der Waals surface area contributed by atoms with Crippen LogP contribution in [0.1, 0.15) is 18.1 Å². The summed E-state index contributed by atoms with van der Waals surface area (Å²) in [4.78, 5) is 0.241. The number of ether oxygens (including phenoxy) is 1. The molecule has 0 unspecified atom stereocenters. The molecule has 1 fully saturated rings. The first-order valence-corrected chi connectivity index (χ1v) is 7.50. The van der Waals surface area contributed by atoms with Crippen molar-refractivity contribution >= 4 is 10.1 Å². The highest BCUT2D eigenvalue weighted by Gasteiger charge is 2.23. The smallest absolute Gasteiger partial charge is 0.296 e. The minimum absolute atomic E-state index is 0.205. The molecule has 18 heavy (non-hydrogen) atoms. The second kappa shape index (κ2) is 5.38. The summed E-state index contributed by atoms with van der Waals surface area (Å²) in [6.07, 6.45) is 0.811. The van der Waals surface area contributed by atoms with Crippen LogP contribution in [0.4, 0.5) is 0 Å². The van der Waals surface area contributed by atoms with Crippen molar-refractivity contribution in [1.82, 2.24) is 0 Å². The third-order valence-electron chi connectivity index (χ3n) is 3.16. The van der Waals surface area contributed by atoms with E-state index in [1.807, 2.05) is 19.9 Å². The van der Waals surface area contributed by atoms with Gasteiger partial charge in [-0.15, -0.1) is 0 Å². The largest absolute Gasteiger partial charge is 0.381 e. The predicted molar refractivity (Wildman–Crippen MR) is 68.0 cm³/mol. The van der Waals surface area contributed by atoms with Gasteiger partial charge in [0.15, 0.2) is 0 Å². The summed E-state index contributed by atoms with van der Waals surface area (Å²) in [7, 11) is -3.64. The highest BCUT2D eigenvalue weighted by molar-refractivity contribution is 7.86. The molecule has 0 amide bonds. The lowest BCUT2D eigenvalue weighted by atomic mass is 10.1. The molecule has 0 aliphatic carbocycles. The molecule has 0 N–H and O–H groups in total. The molecule has 0 aromatic heterocycles. The van der Waals surface area contributed by atoms with Gasteiger partial charge >= 0.3 is 0 Å². The predicted octanol–water partition coefficient (Wildman–Crippen LogP) is 1.91. The number of aryl methyl sites for hydroxylation is 2. The molecule has 1 saturated heterocycles. The first-order valence-electron chi connectivity index (χ1n) is 6.09. The molecule has 1 aliphatic heterocycles. The van der Waals surface area contributed by atoms with Gasteiger partial charge in [-0.05, 0) is 36.6 Å². The van der Waals surface area contributed by atoms with Gasteiger partial charge in [-0.25, -0.2) is 0 Å². The molecule has 100 valence electrons. The van der Waals surface area contributed by atoms with Gasteiger partial charge in [0.1, 0.15) is 0 Å². The Labute approximate surface area is 108 Å². The minimum Gasteiger partial charge on any atom is -0.381 e. The number of rotatable bonds is 5. The van der Waals surface area contributed by atoms with Crippen molar-refractivity contribution in [2.45, 2.75) is 25.2 Å². The van der Waals surface area contributed by atoms with Crippen LogP contribution in [-0.2, 0) is 25.5 Å². The number of hydrogen-bond acceptors (Lipinski definition) is 4. The summed E-state index contributed by atoms with van der Waals surface area (Å²) in [5, 5.41) is 0. The molecule has 0 spiro atoms. The lowest BCUT2D eigenvalue weighted by Gasteiger charge is -2.25. The lowest BCUT2D eigenvalue weighted by molar-refractivity contribution is -0.0498. The van der Waals surface area contributed by atoms with Crippen molar-refractivity contribution in [2.24, 2.45) is 5.92 Å². The van der Waals surface area contributed by atoms with Crippen LogP contribution in [0.2, 0.25) is 0 Å². The van der Waals surface area contributed by atoms with E-state index in [9.17, 15) is 8.42 Å². The fourth-order valence-electron chi connectivity index (χ4n) is 1.82. The standard InChI is InChI=1S/C13H18O4S/c1-3-12-6-13(5-4-10(12)2)18(14,15)17-9-11-7-16-8-11/h4-6,11H,3,7-9H2,1-2H3. The van der Waals surface area contributed by atoms with Crippen molar-refractivity contribution in [3.05, 3.63) is 29.3 Å². The highest BCUT2D eigenvalue weighted by Crippen LogP contribution is 2.20. The fraction of sp³-hybridized carbons (Fsp3) is 0.538. The van der Waals surface area contributed by atoms with Crippen LogP contribution in [0.25, 0.3) is 0 Å². The molecule has 0 bridgehead atoms. The SMILES string of the molecule is CCc1cc(S(=O)(=O)OCC2COC2)ccc1C. The Hall–Kier alpha value is -0.910. The summed E-state index contributed by atoms with van der Waals surface area (Å²) in [6, 6.07) is 5.12. The third-order valence-corrected chi connectivity index (χ3v) is 4.43. The van der Waals surface area contributed by atoms with Crippen LogP contribution in [0, 0.1) is 12.8 Å². The molecule has 4 nitrogen and oxygen atoms in total. The number of benzene rings is 1. The van der Waals surface area contributed by atoms with Gasteiger partial charge in [-0.2, -0.15) is 8.42 Å². The second-order valence-corrected chi connectivity index (χ2v) is 6.20. The molecule has 1 aliphatic rings. The molecule has 1 heterocycles. The summed E-state index contributed by atoms with van der Waals surface area (Å²) in [6.45, 7) is 5.36. The molecule has 1 aromatic rings. The van der Waals surface area contributed by atoms with Crippen LogP contribution in [0.15, 0.2) is 23.1 Å². The van der Waals surface area contributed by atoms with Gasteiger partial charge in [0.25, 0.3) is 10.1 Å². The van der Waals surface area contributed by atoms with Gasteiger partial charge in [0.2, 0.25) is 0 Å². The topological polar surface area (TPSA) is 52.6 Å². The van der Waals surface area contributed by atoms with Crippen LogP contribution in [0.3, 0.4) is 0 Å². The molecule has 2 rings (SSSR count). The molecule has 1 aromatic carbocycles. The van der Waals surface area contributed by atoms with Crippen molar-refractivity contribution in [3.63, 3.8) is 0 Å². The van der Waals surface area contributed by atoms with E-state index in [-0.39, 0.29) is 17.4 Å². The third kappa shape index (κ3) is 2.91. The van der Waals surface area contributed by atoms with E-state index >= 15 is 0 Å². The van der Waals surface area contributed by atoms with Crippen LogP contribution in [0.5, 0.6) is 0 Å². The van der Waals surface area contributed by atoms with Crippen molar-refractivity contribution in [1.29, 1.82) is 0 Å². The molecule has 0 atom stereocenters. The van der Waals surface area contributed by atoms with E-state index in [0.717, 1.165) is 17.5 Å². The Morgan fingerprint density at radius 2 is 2.11 bits per heavy atom. The zero-order valence-electron chi connectivity index (χ0n) is 10.7. The Morgan fingerprint density at radius 3 is 2.67 bits per heavy atom. The van der Waals surface area contributed by atoms with E-state index in [1.165, 1.54) is 0 Å². The van der Waals surface area contributed by atoms with E-state index in [1.54, 1.807) is 12.1 Å². The van der Waals surface area contributed by atoms with Crippen LogP contribution < -0.4 is 0 Å². The second-order valence-electron chi connectivity index (χ2n) is 4.58. The first kappa shape index (κ1) is 13.5. The van der Waals surface area contributed by atoms with Crippen molar-refractivity contribution < 1.29 is 17.3 Å². The first-order chi connectivity index (χ1) is 8.53. The quantitative estimate of drug-likeness (QED) is 0.767. The molecular weight excluding hydrogens is 252 g/mol. The van der Waals surface area contributed by atoms with E-state index in [2.05, 4.69) is 0 Å².